The van der Waals surface area contributed by atoms with Crippen LogP contribution in [0, 0.1) is 11.3 Å². The molecule has 3 rings (SSSR count). The van der Waals surface area contributed by atoms with Crippen molar-refractivity contribution in [2.75, 3.05) is 0 Å². The molecule has 0 aliphatic heterocycles. The van der Waals surface area contributed by atoms with Crippen LogP contribution < -0.4 is 10.5 Å². The highest BCUT2D eigenvalue weighted by Gasteiger charge is 2.30. The van der Waals surface area contributed by atoms with E-state index < -0.39 is 6.36 Å². The molecular formula is C18H12F3N5O. The Hall–Kier alpha value is -3.80. The third-order valence-electron chi connectivity index (χ3n) is 3.57. The van der Waals surface area contributed by atoms with Gasteiger partial charge in [-0.2, -0.15) is 5.26 Å². The van der Waals surface area contributed by atoms with Crippen molar-refractivity contribution in [3.63, 3.8) is 0 Å². The normalized spacial score (nSPS) is 11.9. The first-order valence-electron chi connectivity index (χ1n) is 7.60. The van der Waals surface area contributed by atoms with E-state index in [1.165, 1.54) is 41.5 Å². The van der Waals surface area contributed by atoms with Gasteiger partial charge in [0.1, 0.15) is 18.1 Å². The van der Waals surface area contributed by atoms with Crippen LogP contribution in [0.4, 0.5) is 13.2 Å². The van der Waals surface area contributed by atoms with Crippen molar-refractivity contribution in [2.24, 2.45) is 5.73 Å². The van der Waals surface area contributed by atoms with Crippen LogP contribution in [0.1, 0.15) is 5.56 Å². The molecule has 0 fully saturated rings. The first kappa shape index (κ1) is 18.0. The maximum absolute atomic E-state index is 12.2. The molecule has 0 amide bonds. The minimum absolute atomic E-state index is 0.316. The van der Waals surface area contributed by atoms with Gasteiger partial charge in [-0.3, -0.25) is 0 Å². The van der Waals surface area contributed by atoms with Crippen LogP contribution in [0.2, 0.25) is 0 Å². The standard InChI is InChI=1S/C18H12F3N5O/c19-18(20,21)27-16-7-5-15(6-8-16)26-11-24-17(25-26)13-3-1-12(2-4-13)14(9-22)10-23/h1-9,11H,22H2/b14-9+. The van der Waals surface area contributed by atoms with E-state index in [9.17, 15) is 13.2 Å². The van der Waals surface area contributed by atoms with Crippen LogP contribution in [-0.4, -0.2) is 21.1 Å². The highest BCUT2D eigenvalue weighted by molar-refractivity contribution is 5.77. The van der Waals surface area contributed by atoms with Crippen molar-refractivity contribution < 1.29 is 17.9 Å². The van der Waals surface area contributed by atoms with E-state index in [1.54, 1.807) is 24.3 Å². The minimum atomic E-state index is -4.74. The molecule has 6 nitrogen and oxygen atoms in total. The molecule has 0 spiro atoms. The smallest absolute Gasteiger partial charge is 0.406 e. The summed E-state index contributed by atoms with van der Waals surface area (Å²) >= 11 is 0. The van der Waals surface area contributed by atoms with Crippen molar-refractivity contribution in [3.05, 3.63) is 66.6 Å². The fourth-order valence-electron chi connectivity index (χ4n) is 2.32. The topological polar surface area (TPSA) is 89.8 Å². The second kappa shape index (κ2) is 7.21. The van der Waals surface area contributed by atoms with Gasteiger partial charge in [0.25, 0.3) is 0 Å². The molecule has 27 heavy (non-hydrogen) atoms. The zero-order valence-electron chi connectivity index (χ0n) is 13.7. The van der Waals surface area contributed by atoms with Crippen LogP contribution in [0.3, 0.4) is 0 Å². The van der Waals surface area contributed by atoms with E-state index in [0.717, 1.165) is 0 Å². The summed E-state index contributed by atoms with van der Waals surface area (Å²) in [6.45, 7) is 0. The predicted molar refractivity (Wildman–Crippen MR) is 91.3 cm³/mol. The van der Waals surface area contributed by atoms with Gasteiger partial charge in [-0.05, 0) is 29.8 Å². The Labute approximate surface area is 151 Å². The number of alkyl halides is 3. The molecule has 1 aromatic heterocycles. The fraction of sp³-hybridized carbons (Fsp3) is 0.0556. The van der Waals surface area contributed by atoms with Gasteiger partial charge in [0.2, 0.25) is 0 Å². The van der Waals surface area contributed by atoms with Crippen LogP contribution in [0.25, 0.3) is 22.6 Å². The average molecular weight is 371 g/mol. The Morgan fingerprint density at radius 3 is 2.33 bits per heavy atom. The second-order valence-electron chi connectivity index (χ2n) is 5.32. The van der Waals surface area contributed by atoms with Crippen LogP contribution in [0.15, 0.2) is 61.1 Å². The SMILES string of the molecule is N#C/C(=C\N)c1ccc(-c2ncn(-c3ccc(OC(F)(F)F)cc3)n2)cc1. The summed E-state index contributed by atoms with van der Waals surface area (Å²) < 4.78 is 41.9. The van der Waals surface area contributed by atoms with Gasteiger partial charge < -0.3 is 10.5 Å². The quantitative estimate of drug-likeness (QED) is 0.707. The number of nitrogens with two attached hydrogens (primary N) is 1. The maximum atomic E-state index is 12.2. The van der Waals surface area contributed by atoms with Crippen molar-refractivity contribution in [3.8, 4) is 28.9 Å². The van der Waals surface area contributed by atoms with Crippen molar-refractivity contribution in [1.82, 2.24) is 14.8 Å². The Morgan fingerprint density at radius 1 is 1.11 bits per heavy atom. The fourth-order valence-corrected chi connectivity index (χ4v) is 2.32. The Bertz CT molecular complexity index is 999. The summed E-state index contributed by atoms with van der Waals surface area (Å²) in [5.74, 6) is 0.107. The second-order valence-corrected chi connectivity index (χ2v) is 5.32. The van der Waals surface area contributed by atoms with Gasteiger partial charge >= 0.3 is 6.36 Å². The van der Waals surface area contributed by atoms with E-state index in [0.29, 0.717) is 28.2 Å². The van der Waals surface area contributed by atoms with Gasteiger partial charge in [-0.25, -0.2) is 9.67 Å². The van der Waals surface area contributed by atoms with E-state index in [1.807, 2.05) is 6.07 Å². The van der Waals surface area contributed by atoms with Crippen molar-refractivity contribution in [1.29, 1.82) is 5.26 Å². The largest absolute Gasteiger partial charge is 0.573 e. The lowest BCUT2D eigenvalue weighted by Gasteiger charge is -2.09. The molecular weight excluding hydrogens is 359 g/mol. The number of hydrogen-bond acceptors (Lipinski definition) is 5. The minimum Gasteiger partial charge on any atom is -0.406 e. The summed E-state index contributed by atoms with van der Waals surface area (Å²) in [6.07, 6.45) is -2.06. The highest BCUT2D eigenvalue weighted by Crippen LogP contribution is 2.24. The number of ether oxygens (including phenoxy) is 1. The van der Waals surface area contributed by atoms with Gasteiger partial charge in [0, 0.05) is 11.8 Å². The number of nitriles is 1. The number of rotatable bonds is 4. The van der Waals surface area contributed by atoms with E-state index in [2.05, 4.69) is 14.8 Å². The molecule has 0 saturated heterocycles. The lowest BCUT2D eigenvalue weighted by atomic mass is 10.1. The summed E-state index contributed by atoms with van der Waals surface area (Å²) in [5.41, 5.74) is 7.65. The van der Waals surface area contributed by atoms with Crippen molar-refractivity contribution >= 4 is 5.57 Å². The zero-order valence-corrected chi connectivity index (χ0v) is 13.7. The molecule has 1 heterocycles. The van der Waals surface area contributed by atoms with Crippen LogP contribution >= 0.6 is 0 Å². The third kappa shape index (κ3) is 4.24. The monoisotopic (exact) mass is 371 g/mol. The molecule has 0 unspecified atom stereocenters. The first-order chi connectivity index (χ1) is 12.9. The predicted octanol–water partition coefficient (Wildman–Crippen LogP) is 3.66. The Morgan fingerprint density at radius 2 is 1.78 bits per heavy atom. The van der Waals surface area contributed by atoms with E-state index in [4.69, 9.17) is 11.0 Å². The molecule has 2 aromatic carbocycles. The van der Waals surface area contributed by atoms with E-state index in [-0.39, 0.29) is 5.75 Å². The molecule has 0 aliphatic carbocycles. The van der Waals surface area contributed by atoms with Crippen molar-refractivity contribution in [2.45, 2.75) is 6.36 Å². The molecule has 2 N–H and O–H groups in total. The zero-order chi connectivity index (χ0) is 19.4. The first-order valence-corrected chi connectivity index (χ1v) is 7.60. The summed E-state index contributed by atoms with van der Waals surface area (Å²) in [4.78, 5) is 4.20. The molecule has 0 aliphatic rings. The lowest BCUT2D eigenvalue weighted by Crippen LogP contribution is -2.17. The molecule has 136 valence electrons. The summed E-state index contributed by atoms with van der Waals surface area (Å²) in [6, 6.07) is 14.2. The number of aromatic nitrogens is 3. The van der Waals surface area contributed by atoms with Gasteiger partial charge in [-0.1, -0.05) is 24.3 Å². The molecule has 0 radical (unpaired) electrons. The lowest BCUT2D eigenvalue weighted by molar-refractivity contribution is -0.274. The number of hydrogen-bond donors (Lipinski definition) is 1. The number of benzene rings is 2. The molecule has 3 aromatic rings. The molecule has 0 saturated carbocycles. The average Bonchev–Trinajstić information content (AvgIpc) is 3.13. The van der Waals surface area contributed by atoms with E-state index >= 15 is 0 Å². The van der Waals surface area contributed by atoms with Crippen LogP contribution in [0.5, 0.6) is 5.75 Å². The highest BCUT2D eigenvalue weighted by atomic mass is 19.4. The molecule has 9 heteroatoms. The maximum Gasteiger partial charge on any atom is 0.573 e. The number of halogens is 3. The van der Waals surface area contributed by atoms with Gasteiger partial charge in [0.15, 0.2) is 5.82 Å². The third-order valence-corrected chi connectivity index (χ3v) is 3.57. The number of nitrogens with zero attached hydrogens (tertiary/aromatic N) is 4. The Balaban J connectivity index is 1.80. The van der Waals surface area contributed by atoms with Crippen LogP contribution in [-0.2, 0) is 0 Å². The summed E-state index contributed by atoms with van der Waals surface area (Å²) in [7, 11) is 0. The number of allylic oxidation sites excluding steroid dienone is 1. The molecule has 0 bridgehead atoms. The molecule has 0 atom stereocenters. The van der Waals surface area contributed by atoms with Gasteiger partial charge in [-0.15, -0.1) is 18.3 Å². The summed E-state index contributed by atoms with van der Waals surface area (Å²) in [5, 5.41) is 13.3. The van der Waals surface area contributed by atoms with Gasteiger partial charge in [0.05, 0.1) is 11.3 Å². The Kier molecular flexibility index (Phi) is 4.81.